The number of rotatable bonds is 3. The highest BCUT2D eigenvalue weighted by Gasteiger charge is 2.33. The molecular weight excluding hydrogens is 311 g/mol. The molecule has 1 fully saturated rings. The first-order chi connectivity index (χ1) is 8.45. The summed E-state index contributed by atoms with van der Waals surface area (Å²) in [6.45, 7) is 1.36. The van der Waals surface area contributed by atoms with Crippen LogP contribution in [0.4, 0.5) is 5.82 Å². The minimum Gasteiger partial charge on any atom is -0.383 e. The molecule has 2 heterocycles. The molecule has 0 radical (unpaired) electrons. The standard InChI is InChI=1S/C10H15ClN4O2S.ClH/c11-8-3-9(10(13)14-5-8)18(16,17)15-2-1-7(4-12)6-15;/h3,5,7H,1-2,4,6,12H2,(H2,13,14);1H. The second-order valence-corrected chi connectivity index (χ2v) is 6.63. The van der Waals surface area contributed by atoms with Gasteiger partial charge in [0, 0.05) is 19.3 Å². The van der Waals surface area contributed by atoms with Gasteiger partial charge in [-0.2, -0.15) is 4.31 Å². The number of nitrogens with two attached hydrogens (primary N) is 2. The van der Waals surface area contributed by atoms with Crippen molar-refractivity contribution in [2.75, 3.05) is 25.4 Å². The maximum atomic E-state index is 12.4. The van der Waals surface area contributed by atoms with E-state index in [1.807, 2.05) is 0 Å². The topological polar surface area (TPSA) is 102 Å². The number of aromatic nitrogens is 1. The second kappa shape index (κ2) is 6.23. The van der Waals surface area contributed by atoms with Gasteiger partial charge >= 0.3 is 0 Å². The Balaban J connectivity index is 0.00000180. The van der Waals surface area contributed by atoms with E-state index in [9.17, 15) is 8.42 Å². The van der Waals surface area contributed by atoms with E-state index >= 15 is 0 Å². The van der Waals surface area contributed by atoms with Crippen LogP contribution in [0.15, 0.2) is 17.2 Å². The van der Waals surface area contributed by atoms with Gasteiger partial charge in [-0.1, -0.05) is 11.6 Å². The van der Waals surface area contributed by atoms with Gasteiger partial charge in [-0.3, -0.25) is 0 Å². The lowest BCUT2D eigenvalue weighted by Gasteiger charge is -2.17. The Morgan fingerprint density at radius 3 is 2.79 bits per heavy atom. The molecule has 9 heteroatoms. The summed E-state index contributed by atoms with van der Waals surface area (Å²) in [6.07, 6.45) is 2.09. The Kier molecular flexibility index (Phi) is 5.40. The summed E-state index contributed by atoms with van der Waals surface area (Å²) in [4.78, 5) is 3.74. The number of hydrogen-bond donors (Lipinski definition) is 2. The highest BCUT2D eigenvalue weighted by Crippen LogP contribution is 2.27. The zero-order valence-corrected chi connectivity index (χ0v) is 12.5. The molecule has 0 aromatic carbocycles. The zero-order chi connectivity index (χ0) is 13.3. The Bertz CT molecular complexity index is 552. The number of hydrogen-bond acceptors (Lipinski definition) is 5. The van der Waals surface area contributed by atoms with Crippen LogP contribution in [0, 0.1) is 5.92 Å². The Hall–Kier alpha value is -0.600. The average Bonchev–Trinajstić information content (AvgIpc) is 2.81. The van der Waals surface area contributed by atoms with Crippen LogP contribution in [0.2, 0.25) is 5.02 Å². The Labute approximate surface area is 123 Å². The third kappa shape index (κ3) is 3.29. The van der Waals surface area contributed by atoms with Crippen molar-refractivity contribution in [1.29, 1.82) is 0 Å². The summed E-state index contributed by atoms with van der Waals surface area (Å²) in [7, 11) is -3.63. The van der Waals surface area contributed by atoms with E-state index < -0.39 is 10.0 Å². The van der Waals surface area contributed by atoms with Crippen LogP contribution >= 0.6 is 24.0 Å². The smallest absolute Gasteiger partial charge is 0.246 e. The lowest BCUT2D eigenvalue weighted by Crippen LogP contribution is -2.30. The van der Waals surface area contributed by atoms with Gasteiger partial charge in [0.15, 0.2) is 0 Å². The maximum absolute atomic E-state index is 12.4. The van der Waals surface area contributed by atoms with Gasteiger partial charge in [0.2, 0.25) is 10.0 Å². The molecule has 1 aliphatic rings. The molecule has 0 amide bonds. The summed E-state index contributed by atoms with van der Waals surface area (Å²) in [6, 6.07) is 1.33. The molecule has 1 aromatic heterocycles. The summed E-state index contributed by atoms with van der Waals surface area (Å²) >= 11 is 5.76. The number of nitrogens with zero attached hydrogens (tertiary/aromatic N) is 2. The van der Waals surface area contributed by atoms with Gasteiger partial charge in [-0.05, 0) is 24.9 Å². The fraction of sp³-hybridized carbons (Fsp3) is 0.500. The first-order valence-electron chi connectivity index (χ1n) is 5.56. The summed E-state index contributed by atoms with van der Waals surface area (Å²) in [5.41, 5.74) is 11.2. The first kappa shape index (κ1) is 16.5. The van der Waals surface area contributed by atoms with Crippen molar-refractivity contribution in [3.05, 3.63) is 17.3 Å². The van der Waals surface area contributed by atoms with Crippen molar-refractivity contribution >= 4 is 39.8 Å². The van der Waals surface area contributed by atoms with Crippen LogP contribution < -0.4 is 11.5 Å². The molecule has 1 aliphatic heterocycles. The number of nitrogen functional groups attached to an aromatic ring is 1. The number of sulfonamides is 1. The molecule has 2 rings (SSSR count). The predicted molar refractivity (Wildman–Crippen MR) is 76.8 cm³/mol. The van der Waals surface area contributed by atoms with E-state index in [4.69, 9.17) is 23.1 Å². The molecule has 1 saturated heterocycles. The van der Waals surface area contributed by atoms with Gasteiger partial charge in [-0.15, -0.1) is 12.4 Å². The van der Waals surface area contributed by atoms with Crippen molar-refractivity contribution in [3.8, 4) is 0 Å². The molecule has 0 saturated carbocycles. The van der Waals surface area contributed by atoms with Gasteiger partial charge in [0.1, 0.15) is 10.7 Å². The average molecular weight is 327 g/mol. The molecule has 0 bridgehead atoms. The lowest BCUT2D eigenvalue weighted by atomic mass is 10.1. The van der Waals surface area contributed by atoms with Crippen LogP contribution in [0.1, 0.15) is 6.42 Å². The van der Waals surface area contributed by atoms with Crippen LogP contribution in [0.5, 0.6) is 0 Å². The molecule has 0 aliphatic carbocycles. The van der Waals surface area contributed by atoms with Gasteiger partial charge < -0.3 is 11.5 Å². The molecule has 108 valence electrons. The highest BCUT2D eigenvalue weighted by molar-refractivity contribution is 7.89. The molecule has 4 N–H and O–H groups in total. The molecule has 6 nitrogen and oxygen atoms in total. The van der Waals surface area contributed by atoms with Gasteiger partial charge in [0.25, 0.3) is 0 Å². The van der Waals surface area contributed by atoms with E-state index in [1.54, 1.807) is 0 Å². The predicted octanol–water partition coefficient (Wildman–Crippen LogP) is 0.708. The summed E-state index contributed by atoms with van der Waals surface area (Å²) in [5.74, 6) is 0.170. The van der Waals surface area contributed by atoms with E-state index in [1.165, 1.54) is 16.6 Å². The molecule has 1 atom stereocenters. The fourth-order valence-electron chi connectivity index (χ4n) is 1.98. The third-order valence-corrected chi connectivity index (χ3v) is 5.15. The van der Waals surface area contributed by atoms with E-state index in [0.29, 0.717) is 19.6 Å². The zero-order valence-electron chi connectivity index (χ0n) is 10.1. The third-order valence-electron chi connectivity index (χ3n) is 3.05. The van der Waals surface area contributed by atoms with Crippen LogP contribution in [-0.4, -0.2) is 37.3 Å². The van der Waals surface area contributed by atoms with Crippen molar-refractivity contribution in [1.82, 2.24) is 9.29 Å². The molecule has 0 spiro atoms. The second-order valence-electron chi connectivity index (χ2n) is 4.29. The van der Waals surface area contributed by atoms with Crippen molar-refractivity contribution in [2.24, 2.45) is 11.7 Å². The number of halogens is 2. The summed E-state index contributed by atoms with van der Waals surface area (Å²) in [5, 5.41) is 0.248. The summed E-state index contributed by atoms with van der Waals surface area (Å²) < 4.78 is 26.1. The SMILES string of the molecule is Cl.NCC1CCN(S(=O)(=O)c2cc(Cl)cnc2N)C1. The van der Waals surface area contributed by atoms with Crippen LogP contribution in [0.3, 0.4) is 0 Å². The van der Waals surface area contributed by atoms with Crippen molar-refractivity contribution < 1.29 is 8.42 Å². The van der Waals surface area contributed by atoms with Gasteiger partial charge in [-0.25, -0.2) is 13.4 Å². The Morgan fingerprint density at radius 1 is 1.53 bits per heavy atom. The lowest BCUT2D eigenvalue weighted by molar-refractivity contribution is 0.459. The molecule has 1 unspecified atom stereocenters. The molecule has 19 heavy (non-hydrogen) atoms. The number of anilines is 1. The Morgan fingerprint density at radius 2 is 2.21 bits per heavy atom. The quantitative estimate of drug-likeness (QED) is 0.851. The first-order valence-corrected chi connectivity index (χ1v) is 7.38. The van der Waals surface area contributed by atoms with E-state index in [2.05, 4.69) is 4.98 Å². The van der Waals surface area contributed by atoms with Crippen molar-refractivity contribution in [3.63, 3.8) is 0 Å². The minimum atomic E-state index is -3.63. The molecule has 1 aromatic rings. The normalized spacial score (nSPS) is 20.2. The monoisotopic (exact) mass is 326 g/mol. The van der Waals surface area contributed by atoms with E-state index in [-0.39, 0.29) is 34.1 Å². The minimum absolute atomic E-state index is 0. The van der Waals surface area contributed by atoms with Gasteiger partial charge in [0.05, 0.1) is 5.02 Å². The van der Waals surface area contributed by atoms with Crippen LogP contribution in [-0.2, 0) is 10.0 Å². The largest absolute Gasteiger partial charge is 0.383 e. The number of pyridine rings is 1. The van der Waals surface area contributed by atoms with Crippen molar-refractivity contribution in [2.45, 2.75) is 11.3 Å². The maximum Gasteiger partial charge on any atom is 0.246 e. The van der Waals surface area contributed by atoms with Crippen LogP contribution in [0.25, 0.3) is 0 Å². The van der Waals surface area contributed by atoms with E-state index in [0.717, 1.165) is 6.42 Å². The molecular formula is C10H16Cl2N4O2S. The highest BCUT2D eigenvalue weighted by atomic mass is 35.5. The fourth-order valence-corrected chi connectivity index (χ4v) is 3.83.